The number of aromatic nitrogens is 2. The van der Waals surface area contributed by atoms with Crippen LogP contribution in [0.3, 0.4) is 0 Å². The number of hydrogen-bond donors (Lipinski definition) is 2. The molecule has 0 atom stereocenters. The molecule has 10 heteroatoms. The van der Waals surface area contributed by atoms with Gasteiger partial charge in [-0.05, 0) is 43.2 Å². The van der Waals surface area contributed by atoms with Gasteiger partial charge in [0.2, 0.25) is 11.8 Å². The number of pyridine rings is 1. The summed E-state index contributed by atoms with van der Waals surface area (Å²) in [4.78, 5) is 47.2. The minimum atomic E-state index is -1.46. The Morgan fingerprint density at radius 1 is 0.838 bits per heavy atom. The first kappa shape index (κ1) is 22.5. The zero-order chi connectivity index (χ0) is 25.4. The first-order chi connectivity index (χ1) is 18.0. The number of nitrogens with zero attached hydrogens (tertiary/aromatic N) is 3. The van der Waals surface area contributed by atoms with E-state index in [9.17, 15) is 14.4 Å². The summed E-state index contributed by atoms with van der Waals surface area (Å²) in [5.74, 6) is 0.864. The molecule has 37 heavy (non-hydrogen) atoms. The SMILES string of the molecule is O=C1NC(=O)C2(CCCN2c2ccc(Oc3ccc(-c4ncc(-c5ccccc5)o4)cc3)nc2)C(=O)N1. The van der Waals surface area contributed by atoms with Gasteiger partial charge in [-0.25, -0.2) is 14.8 Å². The normalized spacial score (nSPS) is 16.5. The van der Waals surface area contributed by atoms with Crippen molar-refractivity contribution < 1.29 is 23.5 Å². The number of oxazole rings is 1. The van der Waals surface area contributed by atoms with Crippen LogP contribution in [0.5, 0.6) is 11.6 Å². The third-order valence-electron chi connectivity index (χ3n) is 6.51. The number of anilines is 1. The van der Waals surface area contributed by atoms with E-state index in [2.05, 4.69) is 20.6 Å². The Hall–Kier alpha value is -4.99. The number of urea groups is 1. The number of imide groups is 2. The van der Waals surface area contributed by atoms with E-state index in [1.165, 1.54) is 0 Å². The van der Waals surface area contributed by atoms with Crippen molar-refractivity contribution in [1.29, 1.82) is 0 Å². The number of rotatable bonds is 5. The summed E-state index contributed by atoms with van der Waals surface area (Å²) in [7, 11) is 0. The summed E-state index contributed by atoms with van der Waals surface area (Å²) in [6.07, 6.45) is 4.17. The minimum Gasteiger partial charge on any atom is -0.439 e. The molecule has 2 saturated heterocycles. The highest BCUT2D eigenvalue weighted by Gasteiger charge is 2.57. The predicted molar refractivity (Wildman–Crippen MR) is 133 cm³/mol. The second-order valence-corrected chi connectivity index (χ2v) is 8.73. The molecule has 184 valence electrons. The molecule has 6 rings (SSSR count). The van der Waals surface area contributed by atoms with Crippen LogP contribution in [0.15, 0.2) is 83.5 Å². The summed E-state index contributed by atoms with van der Waals surface area (Å²) in [6.45, 7) is 0.477. The lowest BCUT2D eigenvalue weighted by Gasteiger charge is -2.38. The van der Waals surface area contributed by atoms with Crippen molar-refractivity contribution in [2.24, 2.45) is 0 Å². The van der Waals surface area contributed by atoms with Crippen molar-refractivity contribution in [3.8, 4) is 34.4 Å². The first-order valence-corrected chi connectivity index (χ1v) is 11.7. The molecule has 2 aliphatic heterocycles. The topological polar surface area (TPSA) is 127 Å². The van der Waals surface area contributed by atoms with Gasteiger partial charge in [-0.15, -0.1) is 0 Å². The highest BCUT2D eigenvalue weighted by molar-refractivity contribution is 6.24. The van der Waals surface area contributed by atoms with Gasteiger partial charge in [0, 0.05) is 23.7 Å². The predicted octanol–water partition coefficient (Wildman–Crippen LogP) is 3.90. The third-order valence-corrected chi connectivity index (χ3v) is 6.51. The Kier molecular flexibility index (Phi) is 5.41. The van der Waals surface area contributed by atoms with E-state index >= 15 is 0 Å². The van der Waals surface area contributed by atoms with Gasteiger partial charge in [0.1, 0.15) is 5.75 Å². The van der Waals surface area contributed by atoms with Crippen molar-refractivity contribution in [3.63, 3.8) is 0 Å². The molecule has 4 aromatic rings. The van der Waals surface area contributed by atoms with E-state index < -0.39 is 23.4 Å². The van der Waals surface area contributed by atoms with E-state index in [1.807, 2.05) is 42.5 Å². The van der Waals surface area contributed by atoms with Gasteiger partial charge >= 0.3 is 6.03 Å². The molecular weight excluding hydrogens is 474 g/mol. The van der Waals surface area contributed by atoms with Crippen molar-refractivity contribution >= 4 is 23.5 Å². The molecule has 1 spiro atoms. The smallest absolute Gasteiger partial charge is 0.328 e. The molecule has 2 aliphatic rings. The fourth-order valence-corrected chi connectivity index (χ4v) is 4.71. The molecule has 0 radical (unpaired) electrons. The zero-order valence-corrected chi connectivity index (χ0v) is 19.5. The molecule has 4 amide bonds. The lowest BCUT2D eigenvalue weighted by molar-refractivity contribution is -0.137. The maximum Gasteiger partial charge on any atom is 0.328 e. The standard InChI is InChI=1S/C27H21N5O5/c33-24-27(25(34)31-26(35)30-24)13-4-14-32(27)19-9-12-22(28-15-19)36-20-10-7-18(8-11-20)23-29-16-21(37-23)17-5-2-1-3-6-17/h1-3,5-12,15-16H,4,13-14H2,(H2,30,31,33,34,35). The van der Waals surface area contributed by atoms with Crippen LogP contribution in [0.4, 0.5) is 10.5 Å². The van der Waals surface area contributed by atoms with Crippen LogP contribution in [0.2, 0.25) is 0 Å². The van der Waals surface area contributed by atoms with E-state index in [1.54, 1.807) is 41.6 Å². The molecule has 2 aromatic carbocycles. The summed E-state index contributed by atoms with van der Waals surface area (Å²) < 4.78 is 11.8. The second kappa shape index (κ2) is 8.90. The molecule has 2 fully saturated rings. The van der Waals surface area contributed by atoms with Gasteiger partial charge in [0.15, 0.2) is 11.3 Å². The number of carbonyl (C=O) groups is 3. The fourth-order valence-electron chi connectivity index (χ4n) is 4.71. The number of ether oxygens (including phenoxy) is 1. The maximum absolute atomic E-state index is 12.6. The fraction of sp³-hybridized carbons (Fsp3) is 0.148. The van der Waals surface area contributed by atoms with E-state index in [0.717, 1.165) is 11.1 Å². The number of carbonyl (C=O) groups excluding carboxylic acids is 3. The summed E-state index contributed by atoms with van der Waals surface area (Å²) in [5, 5.41) is 4.41. The Morgan fingerprint density at radius 3 is 2.30 bits per heavy atom. The number of amides is 4. The van der Waals surface area contributed by atoms with E-state index in [-0.39, 0.29) is 0 Å². The lowest BCUT2D eigenvalue weighted by Crippen LogP contribution is -2.71. The second-order valence-electron chi connectivity index (χ2n) is 8.73. The molecule has 0 bridgehead atoms. The van der Waals surface area contributed by atoms with Crippen LogP contribution in [0.1, 0.15) is 12.8 Å². The summed E-state index contributed by atoms with van der Waals surface area (Å²) >= 11 is 0. The van der Waals surface area contributed by atoms with E-state index in [0.29, 0.717) is 48.4 Å². The van der Waals surface area contributed by atoms with Crippen molar-refractivity contribution in [2.75, 3.05) is 11.4 Å². The molecule has 0 saturated carbocycles. The number of barbiturate groups is 1. The Labute approximate surface area is 211 Å². The third kappa shape index (κ3) is 3.98. The Morgan fingerprint density at radius 2 is 1.59 bits per heavy atom. The zero-order valence-electron chi connectivity index (χ0n) is 19.5. The van der Waals surface area contributed by atoms with Crippen LogP contribution in [0, 0.1) is 0 Å². The average Bonchev–Trinajstić information content (AvgIpc) is 3.58. The van der Waals surface area contributed by atoms with Gasteiger partial charge in [-0.1, -0.05) is 30.3 Å². The maximum atomic E-state index is 12.6. The van der Waals surface area contributed by atoms with E-state index in [4.69, 9.17) is 9.15 Å². The first-order valence-electron chi connectivity index (χ1n) is 11.7. The van der Waals surface area contributed by atoms with Crippen LogP contribution in [-0.4, -0.2) is 39.9 Å². The van der Waals surface area contributed by atoms with Gasteiger partial charge in [-0.2, -0.15) is 0 Å². The van der Waals surface area contributed by atoms with Crippen LogP contribution >= 0.6 is 0 Å². The molecule has 10 nitrogen and oxygen atoms in total. The highest BCUT2D eigenvalue weighted by Crippen LogP contribution is 2.36. The molecule has 2 aromatic heterocycles. The quantitative estimate of drug-likeness (QED) is 0.399. The molecule has 4 heterocycles. The highest BCUT2D eigenvalue weighted by atomic mass is 16.5. The van der Waals surface area contributed by atoms with Gasteiger partial charge < -0.3 is 14.1 Å². The summed E-state index contributed by atoms with van der Waals surface area (Å²) in [5.41, 5.74) is 0.875. The van der Waals surface area contributed by atoms with Crippen molar-refractivity contribution in [3.05, 3.63) is 79.1 Å². The average molecular weight is 495 g/mol. The van der Waals surface area contributed by atoms with Crippen LogP contribution in [-0.2, 0) is 9.59 Å². The van der Waals surface area contributed by atoms with Gasteiger partial charge in [-0.3, -0.25) is 20.2 Å². The molecule has 2 N–H and O–H groups in total. The molecule has 0 unspecified atom stereocenters. The molecular formula is C27H21N5O5. The van der Waals surface area contributed by atoms with Crippen LogP contribution < -0.4 is 20.3 Å². The van der Waals surface area contributed by atoms with Crippen molar-refractivity contribution in [2.45, 2.75) is 18.4 Å². The van der Waals surface area contributed by atoms with Gasteiger partial charge in [0.05, 0.1) is 18.1 Å². The monoisotopic (exact) mass is 495 g/mol. The number of benzene rings is 2. The minimum absolute atomic E-state index is 0.305. The lowest BCUT2D eigenvalue weighted by atomic mass is 9.92. The van der Waals surface area contributed by atoms with Crippen LogP contribution in [0.25, 0.3) is 22.8 Å². The van der Waals surface area contributed by atoms with Gasteiger partial charge in [0.25, 0.3) is 11.8 Å². The van der Waals surface area contributed by atoms with Crippen molar-refractivity contribution in [1.82, 2.24) is 20.6 Å². The molecule has 0 aliphatic carbocycles. The summed E-state index contributed by atoms with van der Waals surface area (Å²) in [6, 6.07) is 19.6. The number of nitrogens with one attached hydrogen (secondary N) is 2. The Bertz CT molecular complexity index is 1460. The largest absolute Gasteiger partial charge is 0.439 e. The number of hydrogen-bond acceptors (Lipinski definition) is 8. The Balaban J connectivity index is 1.16.